The highest BCUT2D eigenvalue weighted by atomic mass is 31.2. The van der Waals surface area contributed by atoms with E-state index in [2.05, 4.69) is 13.8 Å². The normalized spacial score (nSPS) is 26.6. The molecular weight excluding hydrogens is 247 g/mol. The quantitative estimate of drug-likeness (QED) is 0.669. The Kier molecular flexibility index (Phi) is 4.26. The third kappa shape index (κ3) is 3.37. The van der Waals surface area contributed by atoms with Crippen molar-refractivity contribution in [2.45, 2.75) is 83.3 Å². The number of hydrogen-bond donors (Lipinski definition) is 0. The summed E-state index contributed by atoms with van der Waals surface area (Å²) in [5.74, 6) is 0. The highest BCUT2D eigenvalue weighted by molar-refractivity contribution is 7.53. The minimum atomic E-state index is -2.93. The predicted octanol–water partition coefficient (Wildman–Crippen LogP) is 4.90. The lowest BCUT2D eigenvalue weighted by atomic mass is 10.1. The number of rotatable bonds is 5. The minimum Gasteiger partial charge on any atom is -0.302 e. The standard InChI is InChI=1S/C14H27O3P/c1-4-18(15,16-13(2)9-5-6-10-13)17-14(3)11-7-8-12-14/h4-12H2,1-3H3. The lowest BCUT2D eigenvalue weighted by Gasteiger charge is -2.34. The molecule has 0 aromatic rings. The molecule has 0 N–H and O–H groups in total. The highest BCUT2D eigenvalue weighted by Crippen LogP contribution is 2.58. The largest absolute Gasteiger partial charge is 0.331 e. The molecule has 0 bridgehead atoms. The van der Waals surface area contributed by atoms with E-state index >= 15 is 0 Å². The monoisotopic (exact) mass is 274 g/mol. The van der Waals surface area contributed by atoms with Crippen LogP contribution in [0.2, 0.25) is 0 Å². The van der Waals surface area contributed by atoms with E-state index in [0.29, 0.717) is 6.16 Å². The third-order valence-corrected chi connectivity index (χ3v) is 6.64. The summed E-state index contributed by atoms with van der Waals surface area (Å²) in [4.78, 5) is 0. The van der Waals surface area contributed by atoms with Crippen molar-refractivity contribution in [2.24, 2.45) is 0 Å². The van der Waals surface area contributed by atoms with Gasteiger partial charge in [-0.15, -0.1) is 0 Å². The number of hydrogen-bond acceptors (Lipinski definition) is 3. The maximum absolute atomic E-state index is 12.9. The van der Waals surface area contributed by atoms with Crippen molar-refractivity contribution in [3.8, 4) is 0 Å². The average Bonchev–Trinajstić information content (AvgIpc) is 2.88. The van der Waals surface area contributed by atoms with Crippen molar-refractivity contribution < 1.29 is 13.6 Å². The van der Waals surface area contributed by atoms with Gasteiger partial charge in [0.25, 0.3) is 0 Å². The van der Waals surface area contributed by atoms with Crippen LogP contribution in [0.25, 0.3) is 0 Å². The topological polar surface area (TPSA) is 35.5 Å². The van der Waals surface area contributed by atoms with Crippen molar-refractivity contribution in [1.82, 2.24) is 0 Å². The molecule has 0 aliphatic heterocycles. The van der Waals surface area contributed by atoms with E-state index in [9.17, 15) is 4.57 Å². The van der Waals surface area contributed by atoms with E-state index in [-0.39, 0.29) is 11.2 Å². The summed E-state index contributed by atoms with van der Waals surface area (Å²) in [6.45, 7) is 6.09. The Morgan fingerprint density at radius 2 is 1.22 bits per heavy atom. The van der Waals surface area contributed by atoms with E-state index in [0.717, 1.165) is 25.7 Å². The van der Waals surface area contributed by atoms with Gasteiger partial charge in [-0.1, -0.05) is 32.6 Å². The molecule has 0 aromatic heterocycles. The molecule has 106 valence electrons. The van der Waals surface area contributed by atoms with Gasteiger partial charge in [0, 0.05) is 6.16 Å². The van der Waals surface area contributed by atoms with Gasteiger partial charge in [0.05, 0.1) is 11.2 Å². The van der Waals surface area contributed by atoms with Crippen LogP contribution in [0.5, 0.6) is 0 Å². The van der Waals surface area contributed by atoms with Crippen molar-refractivity contribution >= 4 is 7.60 Å². The van der Waals surface area contributed by atoms with Gasteiger partial charge in [-0.05, 0) is 39.5 Å². The van der Waals surface area contributed by atoms with E-state index in [4.69, 9.17) is 9.05 Å². The molecule has 2 aliphatic rings. The summed E-state index contributed by atoms with van der Waals surface area (Å²) in [7, 11) is -2.93. The molecule has 2 fully saturated rings. The van der Waals surface area contributed by atoms with E-state index in [1.165, 1.54) is 25.7 Å². The van der Waals surface area contributed by atoms with Crippen molar-refractivity contribution in [2.75, 3.05) is 6.16 Å². The zero-order valence-corrected chi connectivity index (χ0v) is 12.9. The lowest BCUT2D eigenvalue weighted by molar-refractivity contribution is 0.0220. The smallest absolute Gasteiger partial charge is 0.302 e. The fraction of sp³-hybridized carbons (Fsp3) is 1.00. The molecule has 4 heteroatoms. The van der Waals surface area contributed by atoms with Crippen LogP contribution in [0.1, 0.15) is 72.1 Å². The highest BCUT2D eigenvalue weighted by Gasteiger charge is 2.42. The maximum atomic E-state index is 12.9. The SMILES string of the molecule is CCP(=O)(OC1(C)CCCC1)OC1(C)CCCC1. The summed E-state index contributed by atoms with van der Waals surface area (Å²) in [6.07, 6.45) is 9.24. The van der Waals surface area contributed by atoms with Gasteiger partial charge in [-0.25, -0.2) is 0 Å². The summed E-state index contributed by atoms with van der Waals surface area (Å²) in [5.41, 5.74) is -0.443. The van der Waals surface area contributed by atoms with Gasteiger partial charge in [0.1, 0.15) is 0 Å². The van der Waals surface area contributed by atoms with Gasteiger partial charge < -0.3 is 9.05 Å². The molecule has 0 spiro atoms. The van der Waals surface area contributed by atoms with Crippen LogP contribution in [0, 0.1) is 0 Å². The molecule has 0 radical (unpaired) electrons. The Labute approximate surface area is 111 Å². The first kappa shape index (κ1) is 14.6. The van der Waals surface area contributed by atoms with Crippen LogP contribution < -0.4 is 0 Å². The second kappa shape index (κ2) is 5.26. The second-order valence-corrected chi connectivity index (χ2v) is 8.64. The summed E-state index contributed by atoms with van der Waals surface area (Å²) >= 11 is 0. The van der Waals surface area contributed by atoms with Crippen molar-refractivity contribution in [3.05, 3.63) is 0 Å². The molecule has 2 rings (SSSR count). The minimum absolute atomic E-state index is 0.222. The fourth-order valence-corrected chi connectivity index (χ4v) is 5.25. The van der Waals surface area contributed by atoms with Crippen molar-refractivity contribution in [1.29, 1.82) is 0 Å². The Balaban J connectivity index is 2.03. The average molecular weight is 274 g/mol. The Bertz CT molecular complexity index is 300. The maximum Gasteiger partial charge on any atom is 0.331 e. The molecule has 0 unspecified atom stereocenters. The summed E-state index contributed by atoms with van der Waals surface area (Å²) < 4.78 is 24.9. The predicted molar refractivity (Wildman–Crippen MR) is 74.1 cm³/mol. The van der Waals surface area contributed by atoms with E-state index in [1.54, 1.807) is 0 Å². The fourth-order valence-electron chi connectivity index (χ4n) is 3.25. The molecule has 0 saturated heterocycles. The first-order chi connectivity index (χ1) is 8.39. The third-order valence-electron chi connectivity index (χ3n) is 4.43. The molecule has 0 amide bonds. The molecule has 0 heterocycles. The molecule has 0 aromatic carbocycles. The Hall–Kier alpha value is 0.150. The lowest BCUT2D eigenvalue weighted by Crippen LogP contribution is -2.29. The van der Waals surface area contributed by atoms with E-state index in [1.807, 2.05) is 6.92 Å². The Morgan fingerprint density at radius 1 is 0.889 bits per heavy atom. The van der Waals surface area contributed by atoms with Gasteiger partial charge in [0.2, 0.25) is 0 Å². The van der Waals surface area contributed by atoms with Gasteiger partial charge in [-0.2, -0.15) is 0 Å². The molecule has 2 saturated carbocycles. The summed E-state index contributed by atoms with van der Waals surface area (Å²) in [5, 5.41) is 0. The van der Waals surface area contributed by atoms with E-state index < -0.39 is 7.60 Å². The van der Waals surface area contributed by atoms with Crippen LogP contribution >= 0.6 is 7.60 Å². The van der Waals surface area contributed by atoms with Crippen molar-refractivity contribution in [3.63, 3.8) is 0 Å². The first-order valence-electron chi connectivity index (χ1n) is 7.39. The van der Waals surface area contributed by atoms with Crippen LogP contribution in [-0.4, -0.2) is 17.4 Å². The Morgan fingerprint density at radius 3 is 1.50 bits per heavy atom. The van der Waals surface area contributed by atoms with Crippen LogP contribution in [0.4, 0.5) is 0 Å². The van der Waals surface area contributed by atoms with Gasteiger partial charge >= 0.3 is 7.60 Å². The summed E-state index contributed by atoms with van der Waals surface area (Å²) in [6, 6.07) is 0. The van der Waals surface area contributed by atoms with Crippen LogP contribution in [0.15, 0.2) is 0 Å². The zero-order chi connectivity index (χ0) is 13.3. The van der Waals surface area contributed by atoms with Crippen LogP contribution in [-0.2, 0) is 13.6 Å². The molecule has 3 nitrogen and oxygen atoms in total. The second-order valence-electron chi connectivity index (χ2n) is 6.42. The zero-order valence-electron chi connectivity index (χ0n) is 12.0. The molecule has 18 heavy (non-hydrogen) atoms. The molecular formula is C14H27O3P. The van der Waals surface area contributed by atoms with Gasteiger partial charge in [-0.3, -0.25) is 4.57 Å². The van der Waals surface area contributed by atoms with Crippen LogP contribution in [0.3, 0.4) is 0 Å². The molecule has 0 atom stereocenters. The van der Waals surface area contributed by atoms with Gasteiger partial charge in [0.15, 0.2) is 0 Å². The molecule has 2 aliphatic carbocycles. The first-order valence-corrected chi connectivity index (χ1v) is 9.12.